The highest BCUT2D eigenvalue weighted by Crippen LogP contribution is 2.34. The van der Waals surface area contributed by atoms with Crippen molar-refractivity contribution in [2.24, 2.45) is 0 Å². The van der Waals surface area contributed by atoms with Gasteiger partial charge in [-0.25, -0.2) is 9.20 Å². The van der Waals surface area contributed by atoms with Gasteiger partial charge in [0, 0.05) is 17.8 Å². The molecule has 26 heavy (non-hydrogen) atoms. The summed E-state index contributed by atoms with van der Waals surface area (Å²) >= 11 is 0. The molecule has 0 saturated heterocycles. The molecule has 0 amide bonds. The summed E-state index contributed by atoms with van der Waals surface area (Å²) < 4.78 is 3.27. The van der Waals surface area contributed by atoms with E-state index in [1.54, 1.807) is 22.7 Å². The van der Waals surface area contributed by atoms with Crippen molar-refractivity contribution >= 4 is 5.52 Å². The lowest BCUT2D eigenvalue weighted by Crippen LogP contribution is -2.23. The number of hydrogen-bond acceptors (Lipinski definition) is 4. The Balaban J connectivity index is 2.02. The molecular formula is C20H18N4O2. The molecule has 4 rings (SSSR count). The maximum absolute atomic E-state index is 12.1. The van der Waals surface area contributed by atoms with E-state index >= 15 is 0 Å². The Labute approximate surface area is 150 Å². The first-order chi connectivity index (χ1) is 12.5. The summed E-state index contributed by atoms with van der Waals surface area (Å²) in [6, 6.07) is 16.0. The van der Waals surface area contributed by atoms with Crippen molar-refractivity contribution in [1.29, 1.82) is 0 Å². The fraction of sp³-hybridized carbons (Fsp3) is 0.150. The molecule has 0 unspecified atom stereocenters. The quantitative estimate of drug-likeness (QED) is 0.616. The van der Waals surface area contributed by atoms with Gasteiger partial charge in [0.2, 0.25) is 0 Å². The summed E-state index contributed by atoms with van der Waals surface area (Å²) in [7, 11) is 0. The zero-order valence-corrected chi connectivity index (χ0v) is 14.5. The molecule has 130 valence electrons. The average Bonchev–Trinajstić information content (AvgIpc) is 3.02. The summed E-state index contributed by atoms with van der Waals surface area (Å²) in [6.45, 7) is 3.85. The number of hydrogen-bond donors (Lipinski definition) is 1. The minimum absolute atomic E-state index is 0.0404. The van der Waals surface area contributed by atoms with Crippen molar-refractivity contribution in [3.63, 3.8) is 0 Å². The number of phenols is 1. The van der Waals surface area contributed by atoms with Gasteiger partial charge in [-0.1, -0.05) is 6.07 Å². The van der Waals surface area contributed by atoms with Crippen LogP contribution < -0.4 is 5.56 Å². The second-order valence-electron chi connectivity index (χ2n) is 6.40. The Morgan fingerprint density at radius 2 is 1.73 bits per heavy atom. The lowest BCUT2D eigenvalue weighted by Gasteiger charge is -2.10. The molecule has 0 aliphatic rings. The SMILES string of the molecule is CC(C)n1nc(-c2c(-c3ccc(O)cc3)nn3ccccc23)ccc1=O. The minimum atomic E-state index is -0.133. The first-order valence-corrected chi connectivity index (χ1v) is 8.41. The van der Waals surface area contributed by atoms with E-state index < -0.39 is 0 Å². The molecule has 1 aromatic carbocycles. The Hall–Kier alpha value is -3.41. The van der Waals surface area contributed by atoms with Crippen molar-refractivity contribution in [1.82, 2.24) is 19.4 Å². The fourth-order valence-electron chi connectivity index (χ4n) is 3.00. The molecule has 3 heterocycles. The normalized spacial score (nSPS) is 11.3. The van der Waals surface area contributed by atoms with Crippen LogP contribution in [-0.4, -0.2) is 24.5 Å². The van der Waals surface area contributed by atoms with Gasteiger partial charge < -0.3 is 5.11 Å². The van der Waals surface area contributed by atoms with Crippen LogP contribution in [0.2, 0.25) is 0 Å². The van der Waals surface area contributed by atoms with Crippen LogP contribution in [0.1, 0.15) is 19.9 Å². The van der Waals surface area contributed by atoms with E-state index in [4.69, 9.17) is 5.10 Å². The maximum atomic E-state index is 12.1. The highest BCUT2D eigenvalue weighted by Gasteiger charge is 2.18. The molecular weight excluding hydrogens is 328 g/mol. The molecule has 1 N–H and O–H groups in total. The number of rotatable bonds is 3. The monoisotopic (exact) mass is 346 g/mol. The van der Waals surface area contributed by atoms with Crippen LogP contribution >= 0.6 is 0 Å². The van der Waals surface area contributed by atoms with Gasteiger partial charge in [0.15, 0.2) is 0 Å². The van der Waals surface area contributed by atoms with Crippen LogP contribution in [0, 0.1) is 0 Å². The zero-order valence-electron chi connectivity index (χ0n) is 14.5. The van der Waals surface area contributed by atoms with Crippen molar-refractivity contribution < 1.29 is 5.11 Å². The van der Waals surface area contributed by atoms with Gasteiger partial charge in [0.05, 0.1) is 22.8 Å². The summed E-state index contributed by atoms with van der Waals surface area (Å²) in [5, 5.41) is 18.8. The molecule has 0 aliphatic heterocycles. The highest BCUT2D eigenvalue weighted by atomic mass is 16.3. The van der Waals surface area contributed by atoms with Gasteiger partial charge in [-0.15, -0.1) is 0 Å². The first-order valence-electron chi connectivity index (χ1n) is 8.41. The maximum Gasteiger partial charge on any atom is 0.267 e. The van der Waals surface area contributed by atoms with E-state index in [0.29, 0.717) is 5.69 Å². The van der Waals surface area contributed by atoms with Crippen LogP contribution in [0.5, 0.6) is 5.75 Å². The topological polar surface area (TPSA) is 72.4 Å². The smallest absolute Gasteiger partial charge is 0.267 e. The summed E-state index contributed by atoms with van der Waals surface area (Å²) in [5.74, 6) is 0.200. The molecule has 0 aliphatic carbocycles. The van der Waals surface area contributed by atoms with E-state index in [-0.39, 0.29) is 17.4 Å². The Bertz CT molecular complexity index is 1140. The lowest BCUT2D eigenvalue weighted by molar-refractivity contribution is 0.475. The first kappa shape index (κ1) is 16.1. The van der Waals surface area contributed by atoms with Gasteiger partial charge >= 0.3 is 0 Å². The molecule has 0 radical (unpaired) electrons. The van der Waals surface area contributed by atoms with Gasteiger partial charge in [-0.3, -0.25) is 4.79 Å². The predicted octanol–water partition coefficient (Wildman–Crippen LogP) is 3.51. The summed E-state index contributed by atoms with van der Waals surface area (Å²) in [4.78, 5) is 12.1. The van der Waals surface area contributed by atoms with E-state index in [0.717, 1.165) is 22.3 Å². The number of nitrogens with zero attached hydrogens (tertiary/aromatic N) is 4. The molecule has 0 spiro atoms. The largest absolute Gasteiger partial charge is 0.508 e. The van der Waals surface area contributed by atoms with Crippen molar-refractivity contribution in [3.05, 3.63) is 71.1 Å². The number of fused-ring (bicyclic) bond motifs is 1. The van der Waals surface area contributed by atoms with Gasteiger partial charge in [-0.05, 0) is 56.3 Å². The molecule has 4 aromatic rings. The van der Waals surface area contributed by atoms with E-state index in [1.165, 1.54) is 10.7 Å². The van der Waals surface area contributed by atoms with E-state index in [1.807, 2.05) is 50.4 Å². The summed E-state index contributed by atoms with van der Waals surface area (Å²) in [5.41, 5.74) is 3.92. The van der Waals surface area contributed by atoms with Crippen molar-refractivity contribution in [2.45, 2.75) is 19.9 Å². The number of aromatic nitrogens is 4. The van der Waals surface area contributed by atoms with Crippen LogP contribution in [0.3, 0.4) is 0 Å². The van der Waals surface area contributed by atoms with Crippen LogP contribution in [0.15, 0.2) is 65.6 Å². The molecule has 0 bridgehead atoms. The number of pyridine rings is 1. The fourth-order valence-corrected chi connectivity index (χ4v) is 3.00. The lowest BCUT2D eigenvalue weighted by atomic mass is 10.0. The Kier molecular flexibility index (Phi) is 3.80. The van der Waals surface area contributed by atoms with Gasteiger partial charge in [0.25, 0.3) is 5.56 Å². The minimum Gasteiger partial charge on any atom is -0.508 e. The second-order valence-corrected chi connectivity index (χ2v) is 6.40. The standard InChI is InChI=1S/C20H18N4O2/c1-13(2)24-18(26)11-10-16(21-24)19-17-5-3-4-12-23(17)22-20(19)14-6-8-15(25)9-7-14/h3-13,25H,1-2H3. The molecule has 0 saturated carbocycles. The molecule has 6 heteroatoms. The van der Waals surface area contributed by atoms with Crippen LogP contribution in [-0.2, 0) is 0 Å². The Morgan fingerprint density at radius 3 is 2.46 bits per heavy atom. The van der Waals surface area contributed by atoms with Crippen molar-refractivity contribution in [2.75, 3.05) is 0 Å². The van der Waals surface area contributed by atoms with Crippen LogP contribution in [0.4, 0.5) is 0 Å². The Morgan fingerprint density at radius 1 is 0.962 bits per heavy atom. The third-order valence-electron chi connectivity index (χ3n) is 4.25. The highest BCUT2D eigenvalue weighted by molar-refractivity contribution is 5.90. The number of aromatic hydroxyl groups is 1. The van der Waals surface area contributed by atoms with Gasteiger partial charge in [0.1, 0.15) is 11.4 Å². The van der Waals surface area contributed by atoms with E-state index in [9.17, 15) is 9.90 Å². The van der Waals surface area contributed by atoms with Crippen molar-refractivity contribution in [3.8, 4) is 28.3 Å². The number of phenolic OH excluding ortho intramolecular Hbond substituents is 1. The van der Waals surface area contributed by atoms with E-state index in [2.05, 4.69) is 5.10 Å². The molecule has 0 fully saturated rings. The summed E-state index contributed by atoms with van der Waals surface area (Å²) in [6.07, 6.45) is 1.88. The number of benzene rings is 1. The third kappa shape index (κ3) is 2.65. The molecule has 3 aromatic heterocycles. The average molecular weight is 346 g/mol. The van der Waals surface area contributed by atoms with Crippen LogP contribution in [0.25, 0.3) is 28.0 Å². The van der Waals surface area contributed by atoms with Gasteiger partial charge in [-0.2, -0.15) is 10.2 Å². The molecule has 6 nitrogen and oxygen atoms in total. The predicted molar refractivity (Wildman–Crippen MR) is 100 cm³/mol. The molecule has 0 atom stereocenters. The third-order valence-corrected chi connectivity index (χ3v) is 4.25. The second kappa shape index (κ2) is 6.15. The zero-order chi connectivity index (χ0) is 18.3.